The van der Waals surface area contributed by atoms with Crippen molar-refractivity contribution in [1.82, 2.24) is 5.32 Å². The second-order valence-electron chi connectivity index (χ2n) is 4.07. The van der Waals surface area contributed by atoms with Gasteiger partial charge in [-0.3, -0.25) is 0 Å². The van der Waals surface area contributed by atoms with Crippen LogP contribution in [0.25, 0.3) is 6.08 Å². The van der Waals surface area contributed by atoms with Crippen LogP contribution in [0.1, 0.15) is 18.1 Å². The van der Waals surface area contributed by atoms with E-state index < -0.39 is 0 Å². The average molecular weight is 219 g/mol. The van der Waals surface area contributed by atoms with Gasteiger partial charge in [0.2, 0.25) is 0 Å². The van der Waals surface area contributed by atoms with Gasteiger partial charge in [0.05, 0.1) is 6.61 Å². The number of hydrogen-bond acceptors (Lipinski definition) is 2. The predicted octanol–water partition coefficient (Wildman–Crippen LogP) is 2.63. The molecule has 0 amide bonds. The summed E-state index contributed by atoms with van der Waals surface area (Å²) in [6, 6.07) is 8.57. The van der Waals surface area contributed by atoms with Gasteiger partial charge in [-0.05, 0) is 19.4 Å². The zero-order valence-electron chi connectivity index (χ0n) is 10.4. The monoisotopic (exact) mass is 219 g/mol. The molecule has 0 saturated carbocycles. The fourth-order valence-corrected chi connectivity index (χ4v) is 1.46. The molecular weight excluding hydrogens is 198 g/mol. The van der Waals surface area contributed by atoms with Crippen LogP contribution in [-0.2, 0) is 4.74 Å². The van der Waals surface area contributed by atoms with E-state index in [2.05, 4.69) is 49.5 Å². The van der Waals surface area contributed by atoms with Crippen LogP contribution in [0.4, 0.5) is 0 Å². The lowest BCUT2D eigenvalue weighted by Crippen LogP contribution is -2.20. The molecule has 0 spiro atoms. The Morgan fingerprint density at radius 1 is 1.31 bits per heavy atom. The lowest BCUT2D eigenvalue weighted by molar-refractivity contribution is 0.200. The van der Waals surface area contributed by atoms with Crippen LogP contribution in [0.3, 0.4) is 0 Å². The number of methoxy groups -OCH3 is 1. The van der Waals surface area contributed by atoms with Crippen molar-refractivity contribution >= 4 is 6.08 Å². The third-order valence-electron chi connectivity index (χ3n) is 2.38. The lowest BCUT2D eigenvalue weighted by atomic mass is 10.1. The van der Waals surface area contributed by atoms with Gasteiger partial charge in [-0.1, -0.05) is 41.5 Å². The van der Waals surface area contributed by atoms with Crippen molar-refractivity contribution in [2.75, 3.05) is 26.8 Å². The predicted molar refractivity (Wildman–Crippen MR) is 69.6 cm³/mol. The molecule has 0 unspecified atom stereocenters. The maximum absolute atomic E-state index is 4.97. The Hall–Kier alpha value is -1.12. The van der Waals surface area contributed by atoms with E-state index in [-0.39, 0.29) is 0 Å². The summed E-state index contributed by atoms with van der Waals surface area (Å²) in [7, 11) is 1.72. The summed E-state index contributed by atoms with van der Waals surface area (Å²) in [5, 5.41) is 3.32. The van der Waals surface area contributed by atoms with Gasteiger partial charge in [0.25, 0.3) is 0 Å². The maximum atomic E-state index is 4.97. The van der Waals surface area contributed by atoms with Crippen LogP contribution in [-0.4, -0.2) is 26.8 Å². The van der Waals surface area contributed by atoms with Gasteiger partial charge >= 0.3 is 0 Å². The molecule has 1 N–H and O–H groups in total. The van der Waals surface area contributed by atoms with E-state index in [1.54, 1.807) is 7.11 Å². The van der Waals surface area contributed by atoms with Gasteiger partial charge < -0.3 is 10.1 Å². The van der Waals surface area contributed by atoms with Crippen molar-refractivity contribution in [3.05, 3.63) is 41.0 Å². The fraction of sp³-hybridized carbons (Fsp3) is 0.429. The summed E-state index contributed by atoms with van der Waals surface area (Å²) in [5.41, 5.74) is 3.89. The second-order valence-corrected chi connectivity index (χ2v) is 4.07. The van der Waals surface area contributed by atoms with Crippen molar-refractivity contribution < 1.29 is 4.74 Å². The molecule has 1 rings (SSSR count). The highest BCUT2D eigenvalue weighted by Crippen LogP contribution is 2.07. The molecule has 2 nitrogen and oxygen atoms in total. The molecule has 1 aromatic carbocycles. The number of benzene rings is 1. The normalized spacial score (nSPS) is 11.8. The Kier molecular flexibility index (Phi) is 5.83. The van der Waals surface area contributed by atoms with Gasteiger partial charge in [0, 0.05) is 20.2 Å². The smallest absolute Gasteiger partial charge is 0.0587 e. The molecule has 2 heteroatoms. The standard InChI is InChI=1S/C14H21NO/c1-12-4-6-14(7-5-12)10-13(2)11-15-8-9-16-3/h4-7,10,15H,8-9,11H2,1-3H3. The van der Waals surface area contributed by atoms with Gasteiger partial charge in [0.15, 0.2) is 0 Å². The summed E-state index contributed by atoms with van der Waals surface area (Å²) in [6.45, 7) is 6.82. The SMILES string of the molecule is COCCNCC(C)=Cc1ccc(C)cc1. The minimum Gasteiger partial charge on any atom is -0.383 e. The van der Waals surface area contributed by atoms with E-state index in [0.29, 0.717) is 0 Å². The molecule has 0 radical (unpaired) electrons. The van der Waals surface area contributed by atoms with Crippen LogP contribution >= 0.6 is 0 Å². The van der Waals surface area contributed by atoms with Gasteiger partial charge in [-0.15, -0.1) is 0 Å². The first-order valence-electron chi connectivity index (χ1n) is 5.66. The maximum Gasteiger partial charge on any atom is 0.0587 e. The van der Waals surface area contributed by atoms with Crippen LogP contribution in [0.5, 0.6) is 0 Å². The molecule has 0 bridgehead atoms. The molecule has 1 aromatic rings. The largest absolute Gasteiger partial charge is 0.383 e. The van der Waals surface area contributed by atoms with Crippen LogP contribution in [0, 0.1) is 6.92 Å². The van der Waals surface area contributed by atoms with Crippen molar-refractivity contribution in [1.29, 1.82) is 0 Å². The highest BCUT2D eigenvalue weighted by atomic mass is 16.5. The quantitative estimate of drug-likeness (QED) is 0.743. The lowest BCUT2D eigenvalue weighted by Gasteiger charge is -2.04. The number of ether oxygens (including phenoxy) is 1. The van der Waals surface area contributed by atoms with E-state index in [9.17, 15) is 0 Å². The molecule has 0 aliphatic heterocycles. The topological polar surface area (TPSA) is 21.3 Å². The fourth-order valence-electron chi connectivity index (χ4n) is 1.46. The zero-order valence-corrected chi connectivity index (χ0v) is 10.4. The Balaban J connectivity index is 2.40. The van der Waals surface area contributed by atoms with E-state index in [0.717, 1.165) is 19.7 Å². The van der Waals surface area contributed by atoms with Gasteiger partial charge in [-0.2, -0.15) is 0 Å². The van der Waals surface area contributed by atoms with Crippen molar-refractivity contribution in [3.8, 4) is 0 Å². The second kappa shape index (κ2) is 7.20. The van der Waals surface area contributed by atoms with Gasteiger partial charge in [-0.25, -0.2) is 0 Å². The molecule has 0 heterocycles. The number of aryl methyl sites for hydroxylation is 1. The van der Waals surface area contributed by atoms with Crippen molar-refractivity contribution in [3.63, 3.8) is 0 Å². The summed E-state index contributed by atoms with van der Waals surface area (Å²) in [4.78, 5) is 0. The molecule has 0 aromatic heterocycles. The summed E-state index contributed by atoms with van der Waals surface area (Å²) in [5.74, 6) is 0. The summed E-state index contributed by atoms with van der Waals surface area (Å²) < 4.78 is 4.97. The Bertz CT molecular complexity index is 327. The van der Waals surface area contributed by atoms with Crippen LogP contribution < -0.4 is 5.32 Å². The molecule has 0 saturated heterocycles. The number of nitrogens with one attached hydrogen (secondary N) is 1. The molecular formula is C14H21NO. The zero-order chi connectivity index (χ0) is 11.8. The van der Waals surface area contributed by atoms with Crippen molar-refractivity contribution in [2.24, 2.45) is 0 Å². The first-order chi connectivity index (χ1) is 7.72. The van der Waals surface area contributed by atoms with Gasteiger partial charge in [0.1, 0.15) is 0 Å². The summed E-state index contributed by atoms with van der Waals surface area (Å²) >= 11 is 0. The van der Waals surface area contributed by atoms with E-state index in [1.807, 2.05) is 0 Å². The highest BCUT2D eigenvalue weighted by Gasteiger charge is 1.92. The highest BCUT2D eigenvalue weighted by molar-refractivity contribution is 5.53. The van der Waals surface area contributed by atoms with Crippen molar-refractivity contribution in [2.45, 2.75) is 13.8 Å². The third-order valence-corrected chi connectivity index (χ3v) is 2.38. The first-order valence-corrected chi connectivity index (χ1v) is 5.66. The molecule has 16 heavy (non-hydrogen) atoms. The summed E-state index contributed by atoms with van der Waals surface area (Å²) in [6.07, 6.45) is 2.21. The van der Waals surface area contributed by atoms with E-state index in [4.69, 9.17) is 4.74 Å². The molecule has 0 aliphatic rings. The third kappa shape index (κ3) is 5.10. The first kappa shape index (κ1) is 12.9. The minimum atomic E-state index is 0.762. The van der Waals surface area contributed by atoms with Crippen LogP contribution in [0.2, 0.25) is 0 Å². The van der Waals surface area contributed by atoms with Crippen LogP contribution in [0.15, 0.2) is 29.8 Å². The molecule has 0 fully saturated rings. The Labute approximate surface area is 98.3 Å². The number of rotatable bonds is 6. The van der Waals surface area contributed by atoms with E-state index >= 15 is 0 Å². The average Bonchev–Trinajstić information content (AvgIpc) is 2.28. The Morgan fingerprint density at radius 3 is 2.62 bits per heavy atom. The molecule has 88 valence electrons. The number of hydrogen-bond donors (Lipinski definition) is 1. The Morgan fingerprint density at radius 2 is 2.00 bits per heavy atom. The minimum absolute atomic E-state index is 0.762. The molecule has 0 atom stereocenters. The molecule has 0 aliphatic carbocycles. The van der Waals surface area contributed by atoms with E-state index in [1.165, 1.54) is 16.7 Å².